The Morgan fingerprint density at radius 1 is 0.261 bits per heavy atom. The molecule has 0 spiro atoms. The molecule has 0 unspecified atom stereocenters. The quantitative estimate of drug-likeness (QED) is 0.195. The first-order valence-electron chi connectivity index (χ1n) is 15.9. The van der Waals surface area contributed by atoms with Gasteiger partial charge in [-0.05, 0) is 87.3 Å². The van der Waals surface area contributed by atoms with Gasteiger partial charge in [0.25, 0.3) is 0 Å². The highest BCUT2D eigenvalue weighted by atomic mass is 15.0. The predicted octanol–water partition coefficient (Wildman–Crippen LogP) is 11.9. The second-order valence-electron chi connectivity index (χ2n) is 12.2. The van der Waals surface area contributed by atoms with Crippen molar-refractivity contribution in [3.63, 3.8) is 0 Å². The summed E-state index contributed by atoms with van der Waals surface area (Å²) in [5, 5.41) is 10.0. The standard InChI is InChI=1S/C44H28N2/c1-3-12-31-24-34(21-20-29(31)10-1)33-14-9-15-35(26-33)45-41-18-7-5-16-37(41)39-28-44-40(27-43(39)45)38-17-6-8-19-42(38)46(44)36-23-22-30-11-2-4-13-32(30)25-36/h1-28H. The molecule has 0 saturated carbocycles. The lowest BCUT2D eigenvalue weighted by atomic mass is 10.0. The maximum atomic E-state index is 2.44. The largest absolute Gasteiger partial charge is 0.309 e. The molecule has 46 heavy (non-hydrogen) atoms. The highest BCUT2D eigenvalue weighted by molar-refractivity contribution is 6.19. The summed E-state index contributed by atoms with van der Waals surface area (Å²) < 4.78 is 4.87. The Labute approximate surface area is 266 Å². The van der Waals surface area contributed by atoms with Gasteiger partial charge in [0.15, 0.2) is 0 Å². The molecule has 0 bridgehead atoms. The lowest BCUT2D eigenvalue weighted by molar-refractivity contribution is 1.18. The Balaban J connectivity index is 1.25. The lowest BCUT2D eigenvalue weighted by Gasteiger charge is -2.11. The molecular formula is C44H28N2. The third-order valence-corrected chi connectivity index (χ3v) is 9.64. The number of hydrogen-bond donors (Lipinski definition) is 0. The minimum atomic E-state index is 1.16. The van der Waals surface area contributed by atoms with Gasteiger partial charge >= 0.3 is 0 Å². The summed E-state index contributed by atoms with van der Waals surface area (Å²) in [5.41, 5.74) is 9.63. The van der Waals surface area contributed by atoms with E-state index in [0.29, 0.717) is 0 Å². The molecule has 214 valence electrons. The van der Waals surface area contributed by atoms with E-state index in [1.54, 1.807) is 0 Å². The van der Waals surface area contributed by atoms with Gasteiger partial charge in [0.05, 0.1) is 22.1 Å². The van der Waals surface area contributed by atoms with Gasteiger partial charge in [-0.2, -0.15) is 0 Å². The van der Waals surface area contributed by atoms with E-state index in [4.69, 9.17) is 0 Å². The Hall–Kier alpha value is -6.12. The van der Waals surface area contributed by atoms with Crippen molar-refractivity contribution in [3.8, 4) is 22.5 Å². The van der Waals surface area contributed by atoms with Crippen molar-refractivity contribution in [1.29, 1.82) is 0 Å². The third kappa shape index (κ3) is 3.71. The number of benzene rings is 8. The van der Waals surface area contributed by atoms with Crippen molar-refractivity contribution < 1.29 is 0 Å². The molecule has 10 rings (SSSR count). The van der Waals surface area contributed by atoms with Crippen molar-refractivity contribution in [3.05, 3.63) is 170 Å². The maximum absolute atomic E-state index is 2.44. The zero-order valence-corrected chi connectivity index (χ0v) is 25.1. The van der Waals surface area contributed by atoms with Crippen LogP contribution in [-0.2, 0) is 0 Å². The van der Waals surface area contributed by atoms with Crippen LogP contribution < -0.4 is 0 Å². The molecule has 10 aromatic rings. The van der Waals surface area contributed by atoms with Crippen LogP contribution in [0.5, 0.6) is 0 Å². The molecule has 0 fully saturated rings. The van der Waals surface area contributed by atoms with Gasteiger partial charge in [-0.15, -0.1) is 0 Å². The summed E-state index contributed by atoms with van der Waals surface area (Å²) >= 11 is 0. The molecule has 0 saturated heterocycles. The van der Waals surface area contributed by atoms with Gasteiger partial charge in [-0.3, -0.25) is 0 Å². The van der Waals surface area contributed by atoms with Gasteiger partial charge in [-0.25, -0.2) is 0 Å². The van der Waals surface area contributed by atoms with Gasteiger partial charge in [0.1, 0.15) is 0 Å². The molecule has 2 nitrogen and oxygen atoms in total. The van der Waals surface area contributed by atoms with Crippen LogP contribution >= 0.6 is 0 Å². The van der Waals surface area contributed by atoms with E-state index in [2.05, 4.69) is 179 Å². The number of para-hydroxylation sites is 2. The number of rotatable bonds is 3. The molecule has 2 aromatic heterocycles. The van der Waals surface area contributed by atoms with Crippen LogP contribution in [0.1, 0.15) is 0 Å². The molecule has 0 aliphatic rings. The highest BCUT2D eigenvalue weighted by Crippen LogP contribution is 2.40. The number of aromatic nitrogens is 2. The zero-order chi connectivity index (χ0) is 30.2. The molecule has 2 heteroatoms. The van der Waals surface area contributed by atoms with E-state index in [0.717, 1.165) is 5.69 Å². The Morgan fingerprint density at radius 3 is 1.41 bits per heavy atom. The molecule has 0 amide bonds. The number of hydrogen-bond acceptors (Lipinski definition) is 0. The summed E-state index contributed by atoms with van der Waals surface area (Å²) in [6, 6.07) is 62.1. The summed E-state index contributed by atoms with van der Waals surface area (Å²) in [6.45, 7) is 0. The average Bonchev–Trinajstić information content (AvgIpc) is 3.62. The number of nitrogens with zero attached hydrogens (tertiary/aromatic N) is 2. The van der Waals surface area contributed by atoms with Gasteiger partial charge in [-0.1, -0.05) is 115 Å². The van der Waals surface area contributed by atoms with Crippen LogP contribution in [0.25, 0.3) is 87.7 Å². The molecule has 8 aromatic carbocycles. The van der Waals surface area contributed by atoms with E-state index in [-0.39, 0.29) is 0 Å². The fourth-order valence-electron chi connectivity index (χ4n) is 7.50. The average molecular weight is 585 g/mol. The van der Waals surface area contributed by atoms with Crippen LogP contribution in [0.4, 0.5) is 0 Å². The molecule has 2 heterocycles. The minimum Gasteiger partial charge on any atom is -0.309 e. The molecular weight excluding hydrogens is 556 g/mol. The lowest BCUT2D eigenvalue weighted by Crippen LogP contribution is -1.95. The van der Waals surface area contributed by atoms with Gasteiger partial charge in [0, 0.05) is 32.9 Å². The Morgan fingerprint density at radius 2 is 0.761 bits per heavy atom. The van der Waals surface area contributed by atoms with Crippen LogP contribution in [0, 0.1) is 0 Å². The first kappa shape index (κ1) is 25.2. The SMILES string of the molecule is c1cc(-c2ccc3ccccc3c2)cc(-n2c3ccccc3c3cc4c(cc32)c2ccccc2n4-c2ccc3ccccc3c2)c1. The normalized spacial score (nSPS) is 11.9. The maximum Gasteiger partial charge on any atom is 0.0548 e. The van der Waals surface area contributed by atoms with E-state index < -0.39 is 0 Å². The molecule has 0 aliphatic carbocycles. The topological polar surface area (TPSA) is 9.86 Å². The Bertz CT molecular complexity index is 2810. The molecule has 0 N–H and O–H groups in total. The fraction of sp³-hybridized carbons (Fsp3) is 0. The van der Waals surface area contributed by atoms with Crippen molar-refractivity contribution in [2.75, 3.05) is 0 Å². The summed E-state index contributed by atoms with van der Waals surface area (Å²) in [5.74, 6) is 0. The second kappa shape index (κ2) is 9.69. The minimum absolute atomic E-state index is 1.16. The van der Waals surface area contributed by atoms with E-state index >= 15 is 0 Å². The highest BCUT2D eigenvalue weighted by Gasteiger charge is 2.18. The molecule has 0 atom stereocenters. The van der Waals surface area contributed by atoms with Crippen molar-refractivity contribution >= 4 is 65.2 Å². The van der Waals surface area contributed by atoms with Crippen LogP contribution in [0.15, 0.2) is 170 Å². The predicted molar refractivity (Wildman–Crippen MR) is 196 cm³/mol. The fourth-order valence-corrected chi connectivity index (χ4v) is 7.50. The van der Waals surface area contributed by atoms with Crippen molar-refractivity contribution in [2.45, 2.75) is 0 Å². The molecule has 0 radical (unpaired) electrons. The third-order valence-electron chi connectivity index (χ3n) is 9.64. The first-order valence-corrected chi connectivity index (χ1v) is 15.9. The summed E-state index contributed by atoms with van der Waals surface area (Å²) in [6.07, 6.45) is 0. The van der Waals surface area contributed by atoms with Crippen molar-refractivity contribution in [2.24, 2.45) is 0 Å². The van der Waals surface area contributed by atoms with Crippen LogP contribution in [-0.4, -0.2) is 9.13 Å². The van der Waals surface area contributed by atoms with E-state index in [1.807, 2.05) is 0 Å². The van der Waals surface area contributed by atoms with Crippen LogP contribution in [0.2, 0.25) is 0 Å². The van der Waals surface area contributed by atoms with E-state index in [1.165, 1.54) is 82.0 Å². The van der Waals surface area contributed by atoms with E-state index in [9.17, 15) is 0 Å². The summed E-state index contributed by atoms with van der Waals surface area (Å²) in [4.78, 5) is 0. The van der Waals surface area contributed by atoms with Crippen LogP contribution in [0.3, 0.4) is 0 Å². The summed E-state index contributed by atoms with van der Waals surface area (Å²) in [7, 11) is 0. The van der Waals surface area contributed by atoms with Gasteiger partial charge < -0.3 is 9.13 Å². The van der Waals surface area contributed by atoms with Gasteiger partial charge in [0.2, 0.25) is 0 Å². The number of fused-ring (bicyclic) bond motifs is 8. The Kier molecular flexibility index (Phi) is 5.31. The first-order chi connectivity index (χ1) is 22.8. The zero-order valence-electron chi connectivity index (χ0n) is 25.1. The van der Waals surface area contributed by atoms with Crippen molar-refractivity contribution in [1.82, 2.24) is 9.13 Å². The monoisotopic (exact) mass is 584 g/mol. The molecule has 0 aliphatic heterocycles. The smallest absolute Gasteiger partial charge is 0.0548 e. The second-order valence-corrected chi connectivity index (χ2v) is 12.2.